The Labute approximate surface area is 192 Å². The zero-order valence-corrected chi connectivity index (χ0v) is 18.8. The van der Waals surface area contributed by atoms with Crippen LogP contribution in [0.25, 0.3) is 0 Å². The van der Waals surface area contributed by atoms with Gasteiger partial charge in [-0.3, -0.25) is 24.5 Å². The summed E-state index contributed by atoms with van der Waals surface area (Å²) in [6.45, 7) is 1.85. The summed E-state index contributed by atoms with van der Waals surface area (Å²) in [7, 11) is 0. The highest BCUT2D eigenvalue weighted by Gasteiger charge is 2.55. The van der Waals surface area contributed by atoms with Gasteiger partial charge in [-0.15, -0.1) is 0 Å². The minimum atomic E-state index is -1.13. The van der Waals surface area contributed by atoms with Gasteiger partial charge in [-0.2, -0.15) is 0 Å². The third kappa shape index (κ3) is 4.72. The van der Waals surface area contributed by atoms with E-state index in [0.29, 0.717) is 23.3 Å². The van der Waals surface area contributed by atoms with Crippen LogP contribution in [-0.4, -0.2) is 35.4 Å². The van der Waals surface area contributed by atoms with E-state index in [4.69, 9.17) is 10.5 Å². The first-order valence-corrected chi connectivity index (χ1v) is 11.7. The molecule has 2 atom stereocenters. The van der Waals surface area contributed by atoms with Crippen LogP contribution in [0, 0.1) is 33.3 Å². The summed E-state index contributed by atoms with van der Waals surface area (Å²) in [5, 5.41) is 13.9. The first-order chi connectivity index (χ1) is 15.7. The van der Waals surface area contributed by atoms with E-state index in [-0.39, 0.29) is 24.6 Å². The van der Waals surface area contributed by atoms with E-state index in [2.05, 4.69) is 5.32 Å². The van der Waals surface area contributed by atoms with Gasteiger partial charge in [0.05, 0.1) is 18.0 Å². The Kier molecular flexibility index (Phi) is 6.41. The van der Waals surface area contributed by atoms with Crippen molar-refractivity contribution in [1.82, 2.24) is 5.32 Å². The second-order valence-electron chi connectivity index (χ2n) is 10.0. The average molecular weight is 458 g/mol. The molecule has 4 aliphatic rings. The van der Waals surface area contributed by atoms with Crippen LogP contribution >= 0.6 is 0 Å². The molecular formula is C24H31N3O6. The van der Waals surface area contributed by atoms with Crippen LogP contribution in [0.1, 0.15) is 63.4 Å². The van der Waals surface area contributed by atoms with Gasteiger partial charge in [0.15, 0.2) is 0 Å². The fraction of sp³-hybridized carbons (Fsp3) is 0.625. The molecule has 4 fully saturated rings. The molecule has 9 nitrogen and oxygen atoms in total. The Morgan fingerprint density at radius 3 is 2.12 bits per heavy atom. The first-order valence-electron chi connectivity index (χ1n) is 11.7. The summed E-state index contributed by atoms with van der Waals surface area (Å²) in [6.07, 6.45) is 5.85. The van der Waals surface area contributed by atoms with Crippen molar-refractivity contribution in [3.8, 4) is 0 Å². The summed E-state index contributed by atoms with van der Waals surface area (Å²) in [4.78, 5) is 49.0. The molecule has 4 aliphatic carbocycles. The van der Waals surface area contributed by atoms with Crippen LogP contribution in [0.5, 0.6) is 0 Å². The standard InChI is InChI=1S/C24H31N3O6/c1-2-33-20(28)10-19(17-3-5-18(6-4-17)27(31)32)21(22(25)29)26-23(30)24-11-14-7-15(12-24)9-16(8-14)13-24/h3-6,14-16,19,21H,2,7-13H2,1H3,(H2,25,29)(H,26,30)/t14?,15?,16?,19-,21+,24?/m1/s1. The number of nitro groups is 1. The third-order valence-electron chi connectivity index (χ3n) is 7.74. The predicted molar refractivity (Wildman–Crippen MR) is 119 cm³/mol. The molecule has 0 aromatic heterocycles. The van der Waals surface area contributed by atoms with Gasteiger partial charge >= 0.3 is 5.97 Å². The fourth-order valence-electron chi connectivity index (χ4n) is 6.72. The second kappa shape index (κ2) is 9.11. The monoisotopic (exact) mass is 457 g/mol. The van der Waals surface area contributed by atoms with Gasteiger partial charge in [-0.05, 0) is 68.8 Å². The highest BCUT2D eigenvalue weighted by Crippen LogP contribution is 2.60. The first kappa shape index (κ1) is 23.2. The molecule has 0 radical (unpaired) electrons. The number of nitrogens with one attached hydrogen (secondary N) is 1. The van der Waals surface area contributed by atoms with Crippen LogP contribution in [0.2, 0.25) is 0 Å². The number of carbonyl (C=O) groups is 3. The van der Waals surface area contributed by atoms with Gasteiger partial charge in [0.25, 0.3) is 5.69 Å². The van der Waals surface area contributed by atoms with E-state index in [1.165, 1.54) is 43.5 Å². The number of hydrogen-bond donors (Lipinski definition) is 2. The number of primary amides is 1. The maximum absolute atomic E-state index is 13.6. The highest BCUT2D eigenvalue weighted by molar-refractivity contribution is 5.91. The van der Waals surface area contributed by atoms with Crippen molar-refractivity contribution in [2.45, 2.75) is 63.8 Å². The SMILES string of the molecule is CCOC(=O)C[C@H](c1ccc([N+](=O)[O-])cc1)[C@H](NC(=O)C12CC3CC(CC(C3)C1)C2)C(N)=O. The minimum absolute atomic E-state index is 0.109. The molecule has 9 heteroatoms. The Bertz CT molecular complexity index is 909. The number of carbonyl (C=O) groups excluding carboxylic acids is 3. The van der Waals surface area contributed by atoms with Gasteiger partial charge in [0.2, 0.25) is 11.8 Å². The van der Waals surface area contributed by atoms with Gasteiger partial charge < -0.3 is 15.8 Å². The summed E-state index contributed by atoms with van der Waals surface area (Å²) in [5.74, 6) is -0.574. The smallest absolute Gasteiger partial charge is 0.306 e. The Hall–Kier alpha value is -2.97. The topological polar surface area (TPSA) is 142 Å². The fourth-order valence-corrected chi connectivity index (χ4v) is 6.72. The molecule has 4 saturated carbocycles. The third-order valence-corrected chi connectivity index (χ3v) is 7.74. The van der Waals surface area contributed by atoms with E-state index in [1.807, 2.05) is 0 Å². The number of amides is 2. The van der Waals surface area contributed by atoms with E-state index < -0.39 is 34.2 Å². The Morgan fingerprint density at radius 2 is 1.67 bits per heavy atom. The highest BCUT2D eigenvalue weighted by atomic mass is 16.6. The van der Waals surface area contributed by atoms with Crippen LogP contribution in [0.4, 0.5) is 5.69 Å². The lowest BCUT2D eigenvalue weighted by Gasteiger charge is -2.55. The maximum Gasteiger partial charge on any atom is 0.306 e. The quantitative estimate of drug-likeness (QED) is 0.332. The van der Waals surface area contributed by atoms with Crippen LogP contribution in [0.3, 0.4) is 0 Å². The summed E-state index contributed by atoms with van der Waals surface area (Å²) in [5.41, 5.74) is 5.64. The maximum atomic E-state index is 13.6. The van der Waals surface area contributed by atoms with Gasteiger partial charge in [0, 0.05) is 23.5 Å². The molecule has 1 aromatic rings. The number of non-ortho nitro benzene ring substituents is 1. The number of nitrogens with zero attached hydrogens (tertiary/aromatic N) is 1. The number of nitrogens with two attached hydrogens (primary N) is 1. The number of nitro benzene ring substituents is 1. The largest absolute Gasteiger partial charge is 0.466 e. The van der Waals surface area contributed by atoms with E-state index in [9.17, 15) is 24.5 Å². The average Bonchev–Trinajstić information content (AvgIpc) is 2.75. The van der Waals surface area contributed by atoms with Crippen LogP contribution < -0.4 is 11.1 Å². The molecular weight excluding hydrogens is 426 g/mol. The van der Waals surface area contributed by atoms with Crippen molar-refractivity contribution < 1.29 is 24.0 Å². The number of rotatable bonds is 9. The molecule has 0 spiro atoms. The van der Waals surface area contributed by atoms with E-state index in [1.54, 1.807) is 6.92 Å². The lowest BCUT2D eigenvalue weighted by molar-refractivity contribution is -0.384. The molecule has 1 aromatic carbocycles. The molecule has 0 aliphatic heterocycles. The molecule has 33 heavy (non-hydrogen) atoms. The molecule has 178 valence electrons. The Morgan fingerprint density at radius 1 is 1.12 bits per heavy atom. The molecule has 0 heterocycles. The number of ether oxygens (including phenoxy) is 1. The van der Waals surface area contributed by atoms with Crippen LogP contribution in [-0.2, 0) is 19.1 Å². The number of hydrogen-bond acceptors (Lipinski definition) is 6. The van der Waals surface area contributed by atoms with E-state index >= 15 is 0 Å². The summed E-state index contributed by atoms with van der Waals surface area (Å²) >= 11 is 0. The van der Waals surface area contributed by atoms with E-state index in [0.717, 1.165) is 19.3 Å². The molecule has 0 saturated heterocycles. The van der Waals surface area contributed by atoms with Crippen molar-refractivity contribution >= 4 is 23.5 Å². The predicted octanol–water partition coefficient (Wildman–Crippen LogP) is 2.82. The molecule has 0 unspecified atom stereocenters. The number of benzene rings is 1. The zero-order chi connectivity index (χ0) is 23.8. The Balaban J connectivity index is 1.60. The summed E-state index contributed by atoms with van der Waals surface area (Å²) in [6, 6.07) is 4.49. The van der Waals surface area contributed by atoms with Gasteiger partial charge in [-0.1, -0.05) is 12.1 Å². The van der Waals surface area contributed by atoms with Gasteiger partial charge in [0.1, 0.15) is 6.04 Å². The van der Waals surface area contributed by atoms with Gasteiger partial charge in [-0.25, -0.2) is 0 Å². The molecule has 2 amide bonds. The minimum Gasteiger partial charge on any atom is -0.466 e. The van der Waals surface area contributed by atoms with Crippen molar-refractivity contribution in [2.24, 2.45) is 28.9 Å². The lowest BCUT2D eigenvalue weighted by atomic mass is 9.49. The number of esters is 1. The van der Waals surface area contributed by atoms with Crippen molar-refractivity contribution in [1.29, 1.82) is 0 Å². The normalized spacial score (nSPS) is 29.2. The molecule has 4 bridgehead atoms. The summed E-state index contributed by atoms with van der Waals surface area (Å²) < 4.78 is 5.08. The van der Waals surface area contributed by atoms with Crippen molar-refractivity contribution in [2.75, 3.05) is 6.61 Å². The van der Waals surface area contributed by atoms with Crippen molar-refractivity contribution in [3.63, 3.8) is 0 Å². The van der Waals surface area contributed by atoms with Crippen molar-refractivity contribution in [3.05, 3.63) is 39.9 Å². The molecule has 5 rings (SSSR count). The molecule has 3 N–H and O–H groups in total. The second-order valence-corrected chi connectivity index (χ2v) is 10.0. The lowest BCUT2D eigenvalue weighted by Crippen LogP contribution is -2.58. The van der Waals surface area contributed by atoms with Crippen LogP contribution in [0.15, 0.2) is 24.3 Å². The zero-order valence-electron chi connectivity index (χ0n) is 18.8.